The first kappa shape index (κ1) is 45.8. The Hall–Kier alpha value is -1.21. The normalized spacial score (nSPS) is 12.5. The third-order valence-electron chi connectivity index (χ3n) is 8.53. The third-order valence-corrected chi connectivity index (χ3v) is 9.02. The summed E-state index contributed by atoms with van der Waals surface area (Å²) >= 11 is 0. The Bertz CT molecular complexity index is 782. The molecule has 47 heavy (non-hydrogen) atoms. The fraction of sp³-hybridized carbons (Fsp3) is 0.895. The molecule has 0 saturated heterocycles. The highest BCUT2D eigenvalue weighted by atomic mass is 31.2. The zero-order valence-corrected chi connectivity index (χ0v) is 31.3. The molecule has 0 unspecified atom stereocenters. The third kappa shape index (κ3) is 37.5. The van der Waals surface area contributed by atoms with Crippen molar-refractivity contribution in [1.29, 1.82) is 0 Å². The van der Waals surface area contributed by atoms with Crippen LogP contribution in [0.3, 0.4) is 0 Å². The average Bonchev–Trinajstić information content (AvgIpc) is 3.04. The number of allylic oxidation sites excluding steroid dienone is 2. The number of ether oxygens (including phenoxy) is 2. The molecular weight excluding hydrogens is 615 g/mol. The van der Waals surface area contributed by atoms with Gasteiger partial charge in [0.2, 0.25) is 0 Å². The van der Waals surface area contributed by atoms with Crippen molar-refractivity contribution in [2.75, 3.05) is 13.2 Å². The van der Waals surface area contributed by atoms with Gasteiger partial charge in [-0.2, -0.15) is 0 Å². The van der Waals surface area contributed by atoms with Gasteiger partial charge in [0.05, 0.1) is 6.61 Å². The standard InChI is InChI=1S/C38H73O8P/c1-3-5-7-9-11-13-15-17-18-19-20-21-23-24-26-28-30-32-37(39)44-34-36(35-45-47(41,42)43)46-38(40)33-31-29-27-25-22-16-14-12-10-8-6-4-2/h17-18,36H,3-16,19-35H2,1-2H3,(H2,41,42,43)/b18-17-/t36-/m1/s1. The fourth-order valence-electron chi connectivity index (χ4n) is 5.60. The lowest BCUT2D eigenvalue weighted by atomic mass is 10.0. The Morgan fingerprint density at radius 2 is 0.894 bits per heavy atom. The van der Waals surface area contributed by atoms with Crippen molar-refractivity contribution >= 4 is 19.8 Å². The summed E-state index contributed by atoms with van der Waals surface area (Å²) in [5, 5.41) is 0. The molecular formula is C38H73O8P. The van der Waals surface area contributed by atoms with Crippen LogP contribution >= 0.6 is 7.82 Å². The molecule has 2 N–H and O–H groups in total. The highest BCUT2D eigenvalue weighted by Gasteiger charge is 2.22. The molecule has 0 aliphatic heterocycles. The average molecular weight is 689 g/mol. The van der Waals surface area contributed by atoms with Crippen LogP contribution < -0.4 is 0 Å². The number of phosphoric acid groups is 1. The van der Waals surface area contributed by atoms with Gasteiger partial charge >= 0.3 is 19.8 Å². The molecule has 0 amide bonds. The number of unbranched alkanes of at least 4 members (excludes halogenated alkanes) is 24. The summed E-state index contributed by atoms with van der Waals surface area (Å²) in [5.41, 5.74) is 0. The van der Waals surface area contributed by atoms with Crippen LogP contribution in [0.2, 0.25) is 0 Å². The Morgan fingerprint density at radius 3 is 1.30 bits per heavy atom. The molecule has 0 fully saturated rings. The molecule has 0 aliphatic carbocycles. The molecule has 9 heteroatoms. The SMILES string of the molecule is CCCCCCCC/C=C\CCCCCCCCCC(=O)OC[C@H](COP(=O)(O)O)OC(=O)CCCCCCCCCCCCCC. The van der Waals surface area contributed by atoms with Crippen molar-refractivity contribution in [1.82, 2.24) is 0 Å². The van der Waals surface area contributed by atoms with Crippen LogP contribution in [0, 0.1) is 0 Å². The molecule has 0 spiro atoms. The van der Waals surface area contributed by atoms with Gasteiger partial charge in [0, 0.05) is 12.8 Å². The van der Waals surface area contributed by atoms with E-state index in [9.17, 15) is 14.2 Å². The first-order valence-electron chi connectivity index (χ1n) is 19.5. The van der Waals surface area contributed by atoms with Crippen LogP contribution in [-0.4, -0.2) is 41.0 Å². The second-order valence-corrected chi connectivity index (χ2v) is 14.5. The van der Waals surface area contributed by atoms with Crippen molar-refractivity contribution in [2.45, 2.75) is 206 Å². The van der Waals surface area contributed by atoms with Gasteiger partial charge in [0.1, 0.15) is 6.61 Å². The number of rotatable bonds is 36. The summed E-state index contributed by atoms with van der Waals surface area (Å²) in [4.78, 5) is 42.7. The maximum Gasteiger partial charge on any atom is 0.469 e. The predicted octanol–water partition coefficient (Wildman–Crippen LogP) is 11.5. The molecule has 0 heterocycles. The minimum absolute atomic E-state index is 0.216. The van der Waals surface area contributed by atoms with Crippen molar-refractivity contribution < 1.29 is 37.9 Å². The minimum atomic E-state index is -4.74. The number of carbonyl (C=O) groups excluding carboxylic acids is 2. The molecule has 0 radical (unpaired) electrons. The summed E-state index contributed by atoms with van der Waals surface area (Å²) < 4.78 is 26.3. The van der Waals surface area contributed by atoms with Crippen LogP contribution in [0.15, 0.2) is 12.2 Å². The van der Waals surface area contributed by atoms with E-state index in [2.05, 4.69) is 30.5 Å². The van der Waals surface area contributed by atoms with Gasteiger partial charge < -0.3 is 19.3 Å². The molecule has 0 bridgehead atoms. The van der Waals surface area contributed by atoms with E-state index in [1.165, 1.54) is 116 Å². The van der Waals surface area contributed by atoms with Gasteiger partial charge in [-0.05, 0) is 38.5 Å². The van der Waals surface area contributed by atoms with E-state index in [4.69, 9.17) is 19.3 Å². The number of esters is 2. The zero-order chi connectivity index (χ0) is 34.7. The zero-order valence-electron chi connectivity index (χ0n) is 30.4. The number of hydrogen-bond donors (Lipinski definition) is 2. The summed E-state index contributed by atoms with van der Waals surface area (Å²) in [6.45, 7) is 3.68. The Morgan fingerprint density at radius 1 is 0.532 bits per heavy atom. The van der Waals surface area contributed by atoms with E-state index in [1.54, 1.807) is 0 Å². The fourth-order valence-corrected chi connectivity index (χ4v) is 5.96. The summed E-state index contributed by atoms with van der Waals surface area (Å²) in [6.07, 6.45) is 36.4. The largest absolute Gasteiger partial charge is 0.469 e. The molecule has 0 aromatic carbocycles. The molecule has 0 aliphatic rings. The highest BCUT2D eigenvalue weighted by molar-refractivity contribution is 7.46. The van der Waals surface area contributed by atoms with Crippen molar-refractivity contribution in [3.8, 4) is 0 Å². The van der Waals surface area contributed by atoms with Crippen molar-refractivity contribution in [3.05, 3.63) is 12.2 Å². The summed E-state index contributed by atoms with van der Waals surface area (Å²) in [7, 11) is -4.74. The highest BCUT2D eigenvalue weighted by Crippen LogP contribution is 2.36. The van der Waals surface area contributed by atoms with E-state index < -0.39 is 32.5 Å². The topological polar surface area (TPSA) is 119 Å². The summed E-state index contributed by atoms with van der Waals surface area (Å²) in [6, 6.07) is 0. The van der Waals surface area contributed by atoms with Crippen LogP contribution in [0.5, 0.6) is 0 Å². The lowest BCUT2D eigenvalue weighted by Crippen LogP contribution is -2.29. The maximum absolute atomic E-state index is 12.3. The van der Waals surface area contributed by atoms with Crippen LogP contribution in [-0.2, 0) is 28.2 Å². The van der Waals surface area contributed by atoms with Gasteiger partial charge in [-0.3, -0.25) is 14.1 Å². The lowest BCUT2D eigenvalue weighted by Gasteiger charge is -2.18. The molecule has 0 aromatic heterocycles. The number of hydrogen-bond acceptors (Lipinski definition) is 6. The van der Waals surface area contributed by atoms with Gasteiger partial charge in [-0.1, -0.05) is 161 Å². The van der Waals surface area contributed by atoms with Crippen molar-refractivity contribution in [3.63, 3.8) is 0 Å². The molecule has 1 atom stereocenters. The lowest BCUT2D eigenvalue weighted by molar-refractivity contribution is -0.161. The molecule has 8 nitrogen and oxygen atoms in total. The van der Waals surface area contributed by atoms with Crippen LogP contribution in [0.1, 0.15) is 200 Å². The van der Waals surface area contributed by atoms with Crippen molar-refractivity contribution in [2.24, 2.45) is 0 Å². The molecule has 0 rings (SSSR count). The Kier molecular flexibility index (Phi) is 33.8. The van der Waals surface area contributed by atoms with E-state index in [1.807, 2.05) is 0 Å². The monoisotopic (exact) mass is 689 g/mol. The molecule has 278 valence electrons. The quantitative estimate of drug-likeness (QED) is 0.0289. The van der Waals surface area contributed by atoms with Gasteiger partial charge in [-0.15, -0.1) is 0 Å². The van der Waals surface area contributed by atoms with Gasteiger partial charge in [-0.25, -0.2) is 4.57 Å². The number of phosphoric ester groups is 1. The Labute approximate surface area is 288 Å². The number of carbonyl (C=O) groups is 2. The van der Waals surface area contributed by atoms with Crippen LogP contribution in [0.25, 0.3) is 0 Å². The maximum atomic E-state index is 12.3. The first-order valence-corrected chi connectivity index (χ1v) is 21.0. The summed E-state index contributed by atoms with van der Waals surface area (Å²) in [5.74, 6) is -0.882. The second-order valence-electron chi connectivity index (χ2n) is 13.3. The van der Waals surface area contributed by atoms with Gasteiger partial charge in [0.15, 0.2) is 6.10 Å². The molecule has 0 saturated carbocycles. The van der Waals surface area contributed by atoms with E-state index in [-0.39, 0.29) is 19.4 Å². The van der Waals surface area contributed by atoms with E-state index >= 15 is 0 Å². The van der Waals surface area contributed by atoms with E-state index in [0.29, 0.717) is 6.42 Å². The first-order chi connectivity index (χ1) is 22.8. The van der Waals surface area contributed by atoms with Gasteiger partial charge in [0.25, 0.3) is 0 Å². The van der Waals surface area contributed by atoms with Crippen LogP contribution in [0.4, 0.5) is 0 Å². The Balaban J connectivity index is 3.91. The van der Waals surface area contributed by atoms with E-state index in [0.717, 1.165) is 51.4 Å². The second kappa shape index (κ2) is 34.6. The smallest absolute Gasteiger partial charge is 0.462 e. The molecule has 0 aromatic rings. The minimum Gasteiger partial charge on any atom is -0.462 e. The predicted molar refractivity (Wildman–Crippen MR) is 193 cm³/mol.